The molecule has 4 nitrogen and oxygen atoms in total. The molecular formula is C11H19NO3. The van der Waals surface area contributed by atoms with Gasteiger partial charge in [-0.2, -0.15) is 0 Å². The van der Waals surface area contributed by atoms with Gasteiger partial charge in [0.1, 0.15) is 5.60 Å². The number of ether oxygens (including phenoxy) is 1. The molecule has 0 aromatic carbocycles. The van der Waals surface area contributed by atoms with Crippen LogP contribution in [0.1, 0.15) is 27.2 Å². The summed E-state index contributed by atoms with van der Waals surface area (Å²) in [6.45, 7) is 6.33. The average molecular weight is 213 g/mol. The molecule has 2 N–H and O–H groups in total. The second-order valence-electron chi connectivity index (χ2n) is 4.31. The van der Waals surface area contributed by atoms with Gasteiger partial charge in [0.05, 0.1) is 6.10 Å². The molecule has 1 fully saturated rings. The Hall–Kier alpha value is -0.870. The summed E-state index contributed by atoms with van der Waals surface area (Å²) in [6.07, 6.45) is 1.87. The lowest BCUT2D eigenvalue weighted by molar-refractivity contribution is -0.118. The third kappa shape index (κ3) is 3.32. The fourth-order valence-electron chi connectivity index (χ4n) is 1.56. The Morgan fingerprint density at radius 2 is 2.33 bits per heavy atom. The average Bonchev–Trinajstić information content (AvgIpc) is 2.44. The molecule has 0 aromatic heterocycles. The Balaban J connectivity index is 2.43. The van der Waals surface area contributed by atoms with E-state index in [1.165, 1.54) is 6.08 Å². The fourth-order valence-corrected chi connectivity index (χ4v) is 1.56. The molecule has 2 atom stereocenters. The highest BCUT2D eigenvalue weighted by Gasteiger charge is 2.39. The Kier molecular flexibility index (Phi) is 3.88. The molecule has 1 amide bonds. The van der Waals surface area contributed by atoms with Gasteiger partial charge >= 0.3 is 0 Å². The van der Waals surface area contributed by atoms with E-state index in [2.05, 4.69) is 5.32 Å². The maximum atomic E-state index is 11.3. The highest BCUT2D eigenvalue weighted by molar-refractivity contribution is 5.88. The van der Waals surface area contributed by atoms with Crippen molar-refractivity contribution in [3.8, 4) is 0 Å². The van der Waals surface area contributed by atoms with Gasteiger partial charge in [0, 0.05) is 25.6 Å². The highest BCUT2D eigenvalue weighted by atomic mass is 16.5. The second-order valence-corrected chi connectivity index (χ2v) is 4.31. The molecule has 0 radical (unpaired) electrons. The molecule has 0 saturated carbocycles. The molecule has 1 aliphatic rings. The van der Waals surface area contributed by atoms with Gasteiger partial charge in [-0.05, 0) is 20.8 Å². The Labute approximate surface area is 90.3 Å². The topological polar surface area (TPSA) is 58.6 Å². The summed E-state index contributed by atoms with van der Waals surface area (Å²) in [5.74, 6) is -0.164. The van der Waals surface area contributed by atoms with Crippen LogP contribution in [0.2, 0.25) is 0 Å². The largest absolute Gasteiger partial charge is 0.385 e. The van der Waals surface area contributed by atoms with Gasteiger partial charge in [0.25, 0.3) is 0 Å². The predicted octanol–water partition coefficient (Wildman–Crippen LogP) is 0.609. The lowest BCUT2D eigenvalue weighted by Gasteiger charge is -2.25. The van der Waals surface area contributed by atoms with Crippen LogP contribution in [0.5, 0.6) is 0 Å². The zero-order valence-electron chi connectivity index (χ0n) is 9.54. The van der Waals surface area contributed by atoms with Crippen LogP contribution >= 0.6 is 0 Å². The van der Waals surface area contributed by atoms with E-state index in [9.17, 15) is 9.90 Å². The van der Waals surface area contributed by atoms with Gasteiger partial charge in [0.2, 0.25) is 5.91 Å². The van der Waals surface area contributed by atoms with Gasteiger partial charge in [-0.25, -0.2) is 0 Å². The lowest BCUT2D eigenvalue weighted by Crippen LogP contribution is -2.47. The molecule has 2 unspecified atom stereocenters. The number of hydrogen-bond acceptors (Lipinski definition) is 3. The number of aliphatic hydroxyl groups is 1. The minimum Gasteiger partial charge on any atom is -0.385 e. The maximum Gasteiger partial charge on any atom is 0.244 e. The van der Waals surface area contributed by atoms with Crippen molar-refractivity contribution < 1.29 is 14.6 Å². The number of hydrogen-bond donors (Lipinski definition) is 2. The van der Waals surface area contributed by atoms with Crippen molar-refractivity contribution in [1.29, 1.82) is 0 Å². The van der Waals surface area contributed by atoms with Crippen LogP contribution in [0.4, 0.5) is 0 Å². The first kappa shape index (κ1) is 12.2. The summed E-state index contributed by atoms with van der Waals surface area (Å²) >= 11 is 0. The zero-order valence-corrected chi connectivity index (χ0v) is 9.54. The monoisotopic (exact) mass is 213 g/mol. The van der Waals surface area contributed by atoms with Crippen molar-refractivity contribution in [2.24, 2.45) is 0 Å². The smallest absolute Gasteiger partial charge is 0.244 e. The minimum atomic E-state index is -0.912. The molecule has 86 valence electrons. The van der Waals surface area contributed by atoms with Crippen molar-refractivity contribution in [3.63, 3.8) is 0 Å². The summed E-state index contributed by atoms with van der Waals surface area (Å²) in [6, 6.07) is 0. The zero-order chi connectivity index (χ0) is 11.5. The minimum absolute atomic E-state index is 0.164. The molecule has 1 rings (SSSR count). The molecule has 15 heavy (non-hydrogen) atoms. The predicted molar refractivity (Wildman–Crippen MR) is 57.4 cm³/mol. The van der Waals surface area contributed by atoms with E-state index in [4.69, 9.17) is 4.74 Å². The van der Waals surface area contributed by atoms with Crippen LogP contribution in [-0.2, 0) is 9.53 Å². The first-order chi connectivity index (χ1) is 6.94. The van der Waals surface area contributed by atoms with Crippen LogP contribution < -0.4 is 5.32 Å². The van der Waals surface area contributed by atoms with E-state index in [0.717, 1.165) is 5.57 Å². The van der Waals surface area contributed by atoms with Crippen LogP contribution in [0.3, 0.4) is 0 Å². The van der Waals surface area contributed by atoms with Crippen molar-refractivity contribution in [2.75, 3.05) is 13.2 Å². The highest BCUT2D eigenvalue weighted by Crippen LogP contribution is 2.24. The molecule has 1 saturated heterocycles. The number of allylic oxidation sites excluding steroid dienone is 1. The molecule has 1 aliphatic heterocycles. The van der Waals surface area contributed by atoms with Gasteiger partial charge < -0.3 is 15.2 Å². The number of rotatable bonds is 3. The lowest BCUT2D eigenvalue weighted by atomic mass is 9.97. The molecule has 0 bridgehead atoms. The molecule has 0 spiro atoms. The number of carbonyl (C=O) groups is 1. The Morgan fingerprint density at radius 3 is 2.80 bits per heavy atom. The third-order valence-electron chi connectivity index (χ3n) is 2.65. The van der Waals surface area contributed by atoms with Crippen LogP contribution in [0.15, 0.2) is 11.6 Å². The summed E-state index contributed by atoms with van der Waals surface area (Å²) in [5.41, 5.74) is 0.0284. The number of nitrogens with one attached hydrogen (secondary N) is 1. The molecule has 4 heteroatoms. The third-order valence-corrected chi connectivity index (χ3v) is 2.65. The van der Waals surface area contributed by atoms with Gasteiger partial charge in [-0.15, -0.1) is 0 Å². The fraction of sp³-hybridized carbons (Fsp3) is 0.727. The second kappa shape index (κ2) is 4.77. The first-order valence-corrected chi connectivity index (χ1v) is 5.21. The maximum absolute atomic E-state index is 11.3. The van der Waals surface area contributed by atoms with E-state index in [-0.39, 0.29) is 18.6 Å². The summed E-state index contributed by atoms with van der Waals surface area (Å²) in [5, 5.41) is 12.8. The van der Waals surface area contributed by atoms with Crippen LogP contribution in [0.25, 0.3) is 0 Å². The summed E-state index contributed by atoms with van der Waals surface area (Å²) < 4.78 is 5.27. The molecule has 0 aromatic rings. The summed E-state index contributed by atoms with van der Waals surface area (Å²) in [7, 11) is 0. The van der Waals surface area contributed by atoms with E-state index < -0.39 is 5.60 Å². The van der Waals surface area contributed by atoms with E-state index in [0.29, 0.717) is 13.0 Å². The van der Waals surface area contributed by atoms with Crippen molar-refractivity contribution in [2.45, 2.75) is 38.9 Å². The molecule has 1 heterocycles. The van der Waals surface area contributed by atoms with Crippen molar-refractivity contribution in [1.82, 2.24) is 5.32 Å². The molecule has 0 aliphatic carbocycles. The van der Waals surface area contributed by atoms with E-state index >= 15 is 0 Å². The van der Waals surface area contributed by atoms with Crippen LogP contribution in [0, 0.1) is 0 Å². The standard InChI is InChI=1S/C11H19NO3/c1-8(2)6-10(13)12-7-11(14)4-5-15-9(11)3/h6,9,14H,4-5,7H2,1-3H3,(H,12,13). The Bertz CT molecular complexity index is 271. The van der Waals surface area contributed by atoms with Crippen LogP contribution in [-0.4, -0.2) is 35.9 Å². The van der Waals surface area contributed by atoms with Crippen molar-refractivity contribution >= 4 is 5.91 Å². The normalized spacial score (nSPS) is 30.0. The quantitative estimate of drug-likeness (QED) is 0.675. The number of amides is 1. The van der Waals surface area contributed by atoms with Gasteiger partial charge in [0.15, 0.2) is 0 Å². The number of carbonyl (C=O) groups excluding carboxylic acids is 1. The SMILES string of the molecule is CC(C)=CC(=O)NCC1(O)CCOC1C. The van der Waals surface area contributed by atoms with E-state index in [1.807, 2.05) is 20.8 Å². The van der Waals surface area contributed by atoms with E-state index in [1.54, 1.807) is 0 Å². The van der Waals surface area contributed by atoms with Gasteiger partial charge in [-0.3, -0.25) is 4.79 Å². The van der Waals surface area contributed by atoms with Crippen molar-refractivity contribution in [3.05, 3.63) is 11.6 Å². The van der Waals surface area contributed by atoms with Gasteiger partial charge in [-0.1, -0.05) is 5.57 Å². The summed E-state index contributed by atoms with van der Waals surface area (Å²) in [4.78, 5) is 11.3. The first-order valence-electron chi connectivity index (χ1n) is 5.21. The molecular weight excluding hydrogens is 194 g/mol. The Morgan fingerprint density at radius 1 is 1.67 bits per heavy atom.